The molecule has 1 aliphatic rings. The van der Waals surface area contributed by atoms with Crippen molar-refractivity contribution in [1.29, 1.82) is 0 Å². The van der Waals surface area contributed by atoms with Gasteiger partial charge in [-0.1, -0.05) is 30.3 Å². The van der Waals surface area contributed by atoms with Gasteiger partial charge in [-0.15, -0.1) is 0 Å². The summed E-state index contributed by atoms with van der Waals surface area (Å²) < 4.78 is 10.2. The highest BCUT2D eigenvalue weighted by Gasteiger charge is 2.22. The summed E-state index contributed by atoms with van der Waals surface area (Å²) in [4.78, 5) is 22.9. The van der Waals surface area contributed by atoms with Crippen LogP contribution in [0.5, 0.6) is 0 Å². The Hall–Kier alpha value is -2.50. The largest absolute Gasteiger partial charge is 0.494 e. The van der Waals surface area contributed by atoms with Crippen LogP contribution < -0.4 is 5.32 Å². The van der Waals surface area contributed by atoms with E-state index in [2.05, 4.69) is 5.32 Å². The average molecular weight is 277 g/mol. The van der Waals surface area contributed by atoms with Crippen LogP contribution in [0.25, 0.3) is 0 Å². The van der Waals surface area contributed by atoms with E-state index < -0.39 is 17.9 Å². The summed E-state index contributed by atoms with van der Waals surface area (Å²) in [7, 11) is 0. The van der Waals surface area contributed by atoms with Crippen LogP contribution in [0.3, 0.4) is 0 Å². The van der Waals surface area contributed by atoms with Crippen LogP contribution in [0.2, 0.25) is 0 Å². The molecule has 0 spiro atoms. The molecule has 1 aliphatic heterocycles. The molecule has 106 valence electrons. The molecule has 1 aromatic rings. The van der Waals surface area contributed by atoms with E-state index in [1.165, 1.54) is 6.26 Å². The number of hydrogen-bond acceptors (Lipinski definition) is 4. The van der Waals surface area contributed by atoms with Crippen LogP contribution in [-0.2, 0) is 19.1 Å². The Kier molecular flexibility index (Phi) is 4.60. The third-order valence-corrected chi connectivity index (χ3v) is 2.76. The van der Waals surface area contributed by atoms with Crippen molar-refractivity contribution >= 4 is 11.9 Å². The zero-order chi connectivity index (χ0) is 14.4. The van der Waals surface area contributed by atoms with Gasteiger partial charge in [-0.2, -0.15) is 0 Å². The van der Waals surface area contributed by atoms with Crippen molar-refractivity contribution < 1.29 is 24.2 Å². The predicted molar refractivity (Wildman–Crippen MR) is 69.6 cm³/mol. The number of carboxylic acid groups (broad SMARTS) is 1. The molecule has 6 heteroatoms. The molecule has 0 radical (unpaired) electrons. The Labute approximate surface area is 116 Å². The van der Waals surface area contributed by atoms with Gasteiger partial charge in [-0.25, -0.2) is 0 Å². The predicted octanol–water partition coefficient (Wildman–Crippen LogP) is 1.21. The number of hydrogen-bond donors (Lipinski definition) is 2. The maximum absolute atomic E-state index is 12.0. The van der Waals surface area contributed by atoms with E-state index in [1.54, 1.807) is 24.3 Å². The minimum Gasteiger partial charge on any atom is -0.494 e. The molecule has 1 atom stereocenters. The Balaban J connectivity index is 2.09. The first-order chi connectivity index (χ1) is 9.66. The summed E-state index contributed by atoms with van der Waals surface area (Å²) in [6, 6.07) is 8.31. The van der Waals surface area contributed by atoms with Crippen molar-refractivity contribution in [3.63, 3.8) is 0 Å². The Morgan fingerprint density at radius 2 is 2.00 bits per heavy atom. The number of carbonyl (C=O) groups excluding carboxylic acids is 1. The minimum absolute atomic E-state index is 0.0579. The van der Waals surface area contributed by atoms with Crippen molar-refractivity contribution in [2.75, 3.05) is 13.2 Å². The van der Waals surface area contributed by atoms with E-state index in [0.29, 0.717) is 13.2 Å². The summed E-state index contributed by atoms with van der Waals surface area (Å²) in [5.74, 6) is -1.42. The molecule has 2 N–H and O–H groups in total. The molecule has 0 fully saturated rings. The fourth-order valence-corrected chi connectivity index (χ4v) is 1.83. The van der Waals surface area contributed by atoms with Crippen molar-refractivity contribution in [2.45, 2.75) is 12.5 Å². The summed E-state index contributed by atoms with van der Waals surface area (Å²) >= 11 is 0. The van der Waals surface area contributed by atoms with Gasteiger partial charge >= 0.3 is 5.97 Å². The number of nitrogens with one attached hydrogen (secondary N) is 1. The van der Waals surface area contributed by atoms with Gasteiger partial charge in [-0.05, 0) is 5.56 Å². The van der Waals surface area contributed by atoms with Gasteiger partial charge < -0.3 is 19.9 Å². The second-order valence-electron chi connectivity index (χ2n) is 4.24. The van der Waals surface area contributed by atoms with Gasteiger partial charge in [0.05, 0.1) is 12.5 Å². The SMILES string of the molecule is O=C(O)CC(NC(=O)C1=COCCO1)c1ccccc1. The zero-order valence-electron chi connectivity index (χ0n) is 10.7. The molecular weight excluding hydrogens is 262 g/mol. The number of ether oxygens (including phenoxy) is 2. The van der Waals surface area contributed by atoms with Crippen LogP contribution in [-0.4, -0.2) is 30.2 Å². The molecule has 6 nitrogen and oxygen atoms in total. The third-order valence-electron chi connectivity index (χ3n) is 2.76. The Bertz CT molecular complexity index is 512. The van der Waals surface area contributed by atoms with Gasteiger partial charge in [0, 0.05) is 0 Å². The number of amides is 1. The van der Waals surface area contributed by atoms with E-state index in [1.807, 2.05) is 6.07 Å². The maximum atomic E-state index is 12.0. The quantitative estimate of drug-likeness (QED) is 0.845. The second-order valence-corrected chi connectivity index (χ2v) is 4.24. The van der Waals surface area contributed by atoms with Crippen molar-refractivity contribution in [2.24, 2.45) is 0 Å². The van der Waals surface area contributed by atoms with E-state index >= 15 is 0 Å². The lowest BCUT2D eigenvalue weighted by atomic mass is 10.0. The van der Waals surface area contributed by atoms with E-state index in [9.17, 15) is 9.59 Å². The molecule has 20 heavy (non-hydrogen) atoms. The molecule has 1 amide bonds. The van der Waals surface area contributed by atoms with Gasteiger partial charge in [0.2, 0.25) is 5.76 Å². The van der Waals surface area contributed by atoms with Crippen LogP contribution >= 0.6 is 0 Å². The second kappa shape index (κ2) is 6.60. The number of carboxylic acids is 1. The number of carbonyl (C=O) groups is 2. The fourth-order valence-electron chi connectivity index (χ4n) is 1.83. The van der Waals surface area contributed by atoms with Crippen molar-refractivity contribution in [1.82, 2.24) is 5.32 Å². The summed E-state index contributed by atoms with van der Waals surface area (Å²) in [6.07, 6.45) is 1.03. The van der Waals surface area contributed by atoms with Crippen molar-refractivity contribution in [3.05, 3.63) is 47.9 Å². The van der Waals surface area contributed by atoms with E-state index in [-0.39, 0.29) is 12.2 Å². The molecule has 1 aromatic carbocycles. The lowest BCUT2D eigenvalue weighted by molar-refractivity contribution is -0.137. The fraction of sp³-hybridized carbons (Fsp3) is 0.286. The number of aliphatic carboxylic acids is 1. The monoisotopic (exact) mass is 277 g/mol. The molecular formula is C14H15NO5. The van der Waals surface area contributed by atoms with Crippen LogP contribution in [0.1, 0.15) is 18.0 Å². The summed E-state index contributed by atoms with van der Waals surface area (Å²) in [5.41, 5.74) is 0.723. The molecule has 1 heterocycles. The number of benzene rings is 1. The average Bonchev–Trinajstić information content (AvgIpc) is 2.48. The van der Waals surface area contributed by atoms with Gasteiger partial charge in [0.1, 0.15) is 19.5 Å². The molecule has 0 aromatic heterocycles. The maximum Gasteiger partial charge on any atom is 0.305 e. The Morgan fingerprint density at radius 1 is 1.25 bits per heavy atom. The molecule has 0 aliphatic carbocycles. The molecule has 0 saturated heterocycles. The van der Waals surface area contributed by atoms with Crippen LogP contribution in [0.15, 0.2) is 42.4 Å². The van der Waals surface area contributed by atoms with E-state index in [4.69, 9.17) is 14.6 Å². The summed E-state index contributed by atoms with van der Waals surface area (Å²) in [6.45, 7) is 0.697. The Morgan fingerprint density at radius 3 is 2.60 bits per heavy atom. The van der Waals surface area contributed by atoms with Crippen LogP contribution in [0.4, 0.5) is 0 Å². The molecule has 2 rings (SSSR count). The van der Waals surface area contributed by atoms with Crippen molar-refractivity contribution in [3.8, 4) is 0 Å². The van der Waals surface area contributed by atoms with Crippen LogP contribution in [0, 0.1) is 0 Å². The van der Waals surface area contributed by atoms with Gasteiger partial charge in [-0.3, -0.25) is 9.59 Å². The smallest absolute Gasteiger partial charge is 0.305 e. The highest BCUT2D eigenvalue weighted by atomic mass is 16.6. The van der Waals surface area contributed by atoms with E-state index in [0.717, 1.165) is 5.56 Å². The minimum atomic E-state index is -0.992. The van der Waals surface area contributed by atoms with Gasteiger partial charge in [0.25, 0.3) is 5.91 Å². The highest BCUT2D eigenvalue weighted by molar-refractivity contribution is 5.91. The highest BCUT2D eigenvalue weighted by Crippen LogP contribution is 2.17. The topological polar surface area (TPSA) is 84.9 Å². The molecule has 0 saturated carbocycles. The third kappa shape index (κ3) is 3.74. The first kappa shape index (κ1) is 13.9. The zero-order valence-corrected chi connectivity index (χ0v) is 10.7. The molecule has 0 bridgehead atoms. The lowest BCUT2D eigenvalue weighted by Crippen LogP contribution is -2.33. The molecule has 1 unspecified atom stereocenters. The standard InChI is InChI=1S/C14H15NO5/c16-13(17)8-11(10-4-2-1-3-5-10)15-14(18)12-9-19-6-7-20-12/h1-5,9,11H,6-8H2,(H,15,18)(H,16,17). The first-order valence-corrected chi connectivity index (χ1v) is 6.19. The number of rotatable bonds is 5. The first-order valence-electron chi connectivity index (χ1n) is 6.19. The van der Waals surface area contributed by atoms with Gasteiger partial charge in [0.15, 0.2) is 0 Å². The summed E-state index contributed by atoms with van der Waals surface area (Å²) in [5, 5.41) is 11.6. The normalized spacial score (nSPS) is 15.3. The lowest BCUT2D eigenvalue weighted by Gasteiger charge is -2.20.